The quantitative estimate of drug-likeness (QED) is 0.216. The van der Waals surface area contributed by atoms with Gasteiger partial charge in [-0.3, -0.25) is 4.98 Å². The molecule has 0 bridgehead atoms. The Hall–Kier alpha value is -1.68. The normalized spacial score (nSPS) is 12.9. The SMILES string of the molecule is CPc1cc(C(=O)OC(C)(C)C)cnc1/C(N)=N/O. The minimum Gasteiger partial charge on any atom is -0.456 e. The van der Waals surface area contributed by atoms with Crippen LogP contribution in [0.25, 0.3) is 0 Å². The van der Waals surface area contributed by atoms with Gasteiger partial charge in [-0.1, -0.05) is 13.7 Å². The Morgan fingerprint density at radius 2 is 2.16 bits per heavy atom. The Morgan fingerprint density at radius 1 is 1.53 bits per heavy atom. The highest BCUT2D eigenvalue weighted by molar-refractivity contribution is 7.46. The van der Waals surface area contributed by atoms with Crippen LogP contribution in [0.1, 0.15) is 36.8 Å². The van der Waals surface area contributed by atoms with E-state index in [1.165, 1.54) is 6.20 Å². The molecule has 0 aliphatic carbocycles. The number of nitrogens with two attached hydrogens (primary N) is 1. The van der Waals surface area contributed by atoms with Crippen LogP contribution in [-0.4, -0.2) is 34.3 Å². The number of amidine groups is 1. The lowest BCUT2D eigenvalue weighted by Crippen LogP contribution is -2.26. The number of oxime groups is 1. The molecule has 19 heavy (non-hydrogen) atoms. The highest BCUT2D eigenvalue weighted by atomic mass is 31.1. The van der Waals surface area contributed by atoms with Crippen molar-refractivity contribution in [1.82, 2.24) is 4.98 Å². The molecule has 0 spiro atoms. The second-order valence-electron chi connectivity index (χ2n) is 4.86. The van der Waals surface area contributed by atoms with Crippen LogP contribution < -0.4 is 11.0 Å². The molecular weight excluding hydrogens is 265 g/mol. The smallest absolute Gasteiger partial charge is 0.340 e. The predicted octanol–water partition coefficient (Wildman–Crippen LogP) is 1.06. The van der Waals surface area contributed by atoms with Gasteiger partial charge < -0.3 is 15.7 Å². The predicted molar refractivity (Wildman–Crippen MR) is 75.8 cm³/mol. The van der Waals surface area contributed by atoms with Gasteiger partial charge in [-0.2, -0.15) is 0 Å². The molecule has 0 aromatic carbocycles. The van der Waals surface area contributed by atoms with Gasteiger partial charge in [-0.05, 0) is 33.5 Å². The number of hydrogen-bond acceptors (Lipinski definition) is 5. The molecule has 0 aliphatic heterocycles. The lowest BCUT2D eigenvalue weighted by atomic mass is 10.2. The van der Waals surface area contributed by atoms with E-state index in [9.17, 15) is 4.79 Å². The Balaban J connectivity index is 3.10. The van der Waals surface area contributed by atoms with Crippen LogP contribution in [0, 0.1) is 0 Å². The third-order valence-corrected chi connectivity index (χ3v) is 3.06. The van der Waals surface area contributed by atoms with E-state index in [1.54, 1.807) is 26.8 Å². The number of rotatable bonds is 3. The van der Waals surface area contributed by atoms with Crippen molar-refractivity contribution in [2.24, 2.45) is 10.9 Å². The first-order valence-corrected chi connectivity index (χ1v) is 7.17. The lowest BCUT2D eigenvalue weighted by Gasteiger charge is -2.19. The molecule has 104 valence electrons. The number of aromatic nitrogens is 1. The van der Waals surface area contributed by atoms with Crippen LogP contribution in [0.3, 0.4) is 0 Å². The molecule has 1 aromatic heterocycles. The Morgan fingerprint density at radius 3 is 2.63 bits per heavy atom. The standard InChI is InChI=1S/C12H18N3O3P/c1-12(2,3)18-11(16)7-5-8(19-4)9(14-6-7)10(13)15-17/h5-6,17,19H,1-4H3,(H2,13,15). The number of nitrogens with zero attached hydrogens (tertiary/aromatic N) is 2. The maximum Gasteiger partial charge on any atom is 0.340 e. The van der Waals surface area contributed by atoms with Crippen LogP contribution in [-0.2, 0) is 4.74 Å². The molecule has 7 heteroatoms. The topological polar surface area (TPSA) is 97.8 Å². The van der Waals surface area contributed by atoms with E-state index in [0.717, 1.165) is 5.30 Å². The summed E-state index contributed by atoms with van der Waals surface area (Å²) in [4.78, 5) is 16.0. The van der Waals surface area contributed by atoms with Gasteiger partial charge in [0.15, 0.2) is 5.84 Å². The van der Waals surface area contributed by atoms with Gasteiger partial charge in [0.25, 0.3) is 0 Å². The van der Waals surface area contributed by atoms with Crippen molar-refractivity contribution in [3.05, 3.63) is 23.5 Å². The molecule has 1 heterocycles. The Kier molecular flexibility index (Phi) is 4.84. The summed E-state index contributed by atoms with van der Waals surface area (Å²) in [5.74, 6) is -0.509. The average Bonchev–Trinajstić information content (AvgIpc) is 2.35. The molecule has 0 fully saturated rings. The van der Waals surface area contributed by atoms with Gasteiger partial charge in [0.05, 0.1) is 5.56 Å². The number of esters is 1. The van der Waals surface area contributed by atoms with Gasteiger partial charge in [0.2, 0.25) is 0 Å². The van der Waals surface area contributed by atoms with E-state index in [0.29, 0.717) is 19.8 Å². The van der Waals surface area contributed by atoms with Crippen LogP contribution in [0.4, 0.5) is 0 Å². The van der Waals surface area contributed by atoms with E-state index < -0.39 is 11.6 Å². The maximum atomic E-state index is 11.9. The van der Waals surface area contributed by atoms with Crippen molar-refractivity contribution in [2.45, 2.75) is 26.4 Å². The Labute approximate surface area is 113 Å². The van der Waals surface area contributed by atoms with Crippen molar-refractivity contribution in [3.63, 3.8) is 0 Å². The van der Waals surface area contributed by atoms with Crippen LogP contribution in [0.5, 0.6) is 0 Å². The summed E-state index contributed by atoms with van der Waals surface area (Å²) in [6.45, 7) is 7.31. The summed E-state index contributed by atoms with van der Waals surface area (Å²) in [5.41, 5.74) is 5.71. The minimum absolute atomic E-state index is 0.0694. The highest BCUT2D eigenvalue weighted by Crippen LogP contribution is 2.14. The van der Waals surface area contributed by atoms with Gasteiger partial charge in [0, 0.05) is 11.5 Å². The molecule has 0 amide bonds. The summed E-state index contributed by atoms with van der Waals surface area (Å²) in [5, 5.41) is 12.3. The highest BCUT2D eigenvalue weighted by Gasteiger charge is 2.19. The van der Waals surface area contributed by atoms with E-state index in [1.807, 2.05) is 6.66 Å². The first kappa shape index (κ1) is 15.4. The second kappa shape index (κ2) is 5.97. The minimum atomic E-state index is -0.560. The van der Waals surface area contributed by atoms with Gasteiger partial charge in [0.1, 0.15) is 11.3 Å². The zero-order valence-corrected chi connectivity index (χ0v) is 12.4. The third kappa shape index (κ3) is 4.17. The number of pyridine rings is 1. The van der Waals surface area contributed by atoms with Gasteiger partial charge in [-0.25, -0.2) is 4.79 Å². The Bertz CT molecular complexity index is 509. The molecule has 3 N–H and O–H groups in total. The summed E-state index contributed by atoms with van der Waals surface area (Å²) in [7, 11) is 0.360. The molecule has 0 aliphatic rings. The van der Waals surface area contributed by atoms with E-state index in [4.69, 9.17) is 15.7 Å². The third-order valence-electron chi connectivity index (χ3n) is 2.14. The number of carbonyl (C=O) groups is 1. The first-order valence-electron chi connectivity index (χ1n) is 5.67. The van der Waals surface area contributed by atoms with Gasteiger partial charge >= 0.3 is 5.97 Å². The van der Waals surface area contributed by atoms with Crippen LogP contribution in [0.15, 0.2) is 17.4 Å². The molecule has 0 radical (unpaired) electrons. The molecule has 0 saturated heterocycles. The zero-order chi connectivity index (χ0) is 14.6. The average molecular weight is 283 g/mol. The van der Waals surface area contributed by atoms with E-state index in [-0.39, 0.29) is 5.84 Å². The monoisotopic (exact) mass is 283 g/mol. The molecule has 6 nitrogen and oxygen atoms in total. The van der Waals surface area contributed by atoms with Crippen molar-refractivity contribution in [3.8, 4) is 0 Å². The number of carbonyl (C=O) groups excluding carboxylic acids is 1. The second-order valence-corrected chi connectivity index (χ2v) is 5.90. The van der Waals surface area contributed by atoms with Gasteiger partial charge in [-0.15, -0.1) is 0 Å². The zero-order valence-electron chi connectivity index (χ0n) is 11.4. The van der Waals surface area contributed by atoms with Crippen molar-refractivity contribution in [1.29, 1.82) is 0 Å². The van der Waals surface area contributed by atoms with Crippen LogP contribution >= 0.6 is 8.58 Å². The molecule has 0 saturated carbocycles. The number of hydrogen-bond donors (Lipinski definition) is 2. The van der Waals surface area contributed by atoms with Crippen molar-refractivity contribution >= 4 is 25.7 Å². The summed E-state index contributed by atoms with van der Waals surface area (Å²) in [6.07, 6.45) is 1.37. The van der Waals surface area contributed by atoms with Crippen molar-refractivity contribution < 1.29 is 14.7 Å². The first-order chi connectivity index (χ1) is 8.78. The lowest BCUT2D eigenvalue weighted by molar-refractivity contribution is 0.00692. The van der Waals surface area contributed by atoms with E-state index in [2.05, 4.69) is 10.1 Å². The number of ether oxygens (including phenoxy) is 1. The van der Waals surface area contributed by atoms with Crippen molar-refractivity contribution in [2.75, 3.05) is 6.66 Å². The molecule has 1 unspecified atom stereocenters. The molecular formula is C12H18N3O3P. The molecule has 1 aromatic rings. The summed E-state index contributed by atoms with van der Waals surface area (Å²) < 4.78 is 5.26. The summed E-state index contributed by atoms with van der Waals surface area (Å²) in [6, 6.07) is 1.66. The largest absolute Gasteiger partial charge is 0.456 e. The molecule has 1 atom stereocenters. The molecule has 1 rings (SSSR count). The fourth-order valence-corrected chi connectivity index (χ4v) is 2.08. The van der Waals surface area contributed by atoms with Crippen LogP contribution in [0.2, 0.25) is 0 Å². The van der Waals surface area contributed by atoms with E-state index >= 15 is 0 Å². The summed E-state index contributed by atoms with van der Waals surface area (Å²) >= 11 is 0. The fourth-order valence-electron chi connectivity index (χ4n) is 1.36. The fraction of sp³-hybridized carbons (Fsp3) is 0.417. The maximum absolute atomic E-state index is 11.9.